The van der Waals surface area contributed by atoms with E-state index in [2.05, 4.69) is 0 Å². The quantitative estimate of drug-likeness (QED) is 0.872. The van der Waals surface area contributed by atoms with Crippen molar-refractivity contribution in [3.8, 4) is 0 Å². The van der Waals surface area contributed by atoms with Crippen LogP contribution in [-0.4, -0.2) is 35.0 Å². The number of piperidine rings is 1. The van der Waals surface area contributed by atoms with Gasteiger partial charge in [-0.1, -0.05) is 23.7 Å². The standard InChI is InChI=1S/C15H16ClNO3/c16-13-5-1-3-11(9-13)6-7-14(18)17-8-2-4-12(10-17)15(19)20/h1,3,5-7,9,12H,2,4,8,10H2,(H,19,20)/b7-6+/t12-/m0/s1. The van der Waals surface area contributed by atoms with Gasteiger partial charge in [-0.05, 0) is 36.6 Å². The highest BCUT2D eigenvalue weighted by atomic mass is 35.5. The van der Waals surface area contributed by atoms with E-state index in [4.69, 9.17) is 16.7 Å². The average molecular weight is 294 g/mol. The first-order chi connectivity index (χ1) is 9.56. The van der Waals surface area contributed by atoms with E-state index in [-0.39, 0.29) is 12.5 Å². The number of carboxylic acids is 1. The molecule has 0 aliphatic carbocycles. The number of likely N-dealkylation sites (tertiary alicyclic amines) is 1. The van der Waals surface area contributed by atoms with Crippen LogP contribution in [0.15, 0.2) is 30.3 Å². The Balaban J connectivity index is 1.99. The largest absolute Gasteiger partial charge is 0.481 e. The molecule has 2 rings (SSSR count). The van der Waals surface area contributed by atoms with E-state index in [9.17, 15) is 9.59 Å². The summed E-state index contributed by atoms with van der Waals surface area (Å²) in [5.74, 6) is -1.44. The van der Waals surface area contributed by atoms with Crippen LogP contribution in [0.1, 0.15) is 18.4 Å². The van der Waals surface area contributed by atoms with E-state index in [1.165, 1.54) is 6.08 Å². The lowest BCUT2D eigenvalue weighted by Crippen LogP contribution is -2.41. The van der Waals surface area contributed by atoms with Gasteiger partial charge < -0.3 is 10.0 Å². The summed E-state index contributed by atoms with van der Waals surface area (Å²) in [6.07, 6.45) is 4.53. The summed E-state index contributed by atoms with van der Waals surface area (Å²) < 4.78 is 0. The van der Waals surface area contributed by atoms with Gasteiger partial charge >= 0.3 is 5.97 Å². The van der Waals surface area contributed by atoms with Crippen LogP contribution in [0.5, 0.6) is 0 Å². The number of benzene rings is 1. The first-order valence-corrected chi connectivity index (χ1v) is 6.89. The third-order valence-corrected chi connectivity index (χ3v) is 3.58. The molecule has 1 aromatic rings. The maximum Gasteiger partial charge on any atom is 0.308 e. The van der Waals surface area contributed by atoms with Crippen LogP contribution in [0.25, 0.3) is 6.08 Å². The molecule has 1 N–H and O–H groups in total. The fourth-order valence-corrected chi connectivity index (χ4v) is 2.46. The smallest absolute Gasteiger partial charge is 0.308 e. The van der Waals surface area contributed by atoms with Gasteiger partial charge in [-0.2, -0.15) is 0 Å². The highest BCUT2D eigenvalue weighted by molar-refractivity contribution is 6.30. The van der Waals surface area contributed by atoms with Crippen molar-refractivity contribution < 1.29 is 14.7 Å². The Morgan fingerprint density at radius 2 is 2.20 bits per heavy atom. The summed E-state index contributed by atoms with van der Waals surface area (Å²) in [6, 6.07) is 7.20. The van der Waals surface area contributed by atoms with Crippen molar-refractivity contribution in [2.75, 3.05) is 13.1 Å². The van der Waals surface area contributed by atoms with Crippen LogP contribution in [0.3, 0.4) is 0 Å². The van der Waals surface area contributed by atoms with Gasteiger partial charge in [0.1, 0.15) is 0 Å². The molecule has 1 aliphatic rings. The van der Waals surface area contributed by atoms with E-state index in [1.54, 1.807) is 23.1 Å². The van der Waals surface area contributed by atoms with E-state index >= 15 is 0 Å². The molecular formula is C15H16ClNO3. The zero-order valence-corrected chi connectivity index (χ0v) is 11.7. The summed E-state index contributed by atoms with van der Waals surface area (Å²) in [5, 5.41) is 9.62. The number of hydrogen-bond donors (Lipinski definition) is 1. The molecule has 1 heterocycles. The number of aliphatic carboxylic acids is 1. The molecule has 4 nitrogen and oxygen atoms in total. The van der Waals surface area contributed by atoms with Crippen molar-refractivity contribution in [2.45, 2.75) is 12.8 Å². The van der Waals surface area contributed by atoms with Gasteiger partial charge in [-0.25, -0.2) is 0 Å². The molecule has 0 spiro atoms. The molecule has 0 radical (unpaired) electrons. The number of rotatable bonds is 3. The molecule has 0 saturated carbocycles. The third kappa shape index (κ3) is 3.84. The normalized spacial score (nSPS) is 19.2. The molecule has 5 heteroatoms. The monoisotopic (exact) mass is 293 g/mol. The number of carbonyl (C=O) groups excluding carboxylic acids is 1. The van der Waals surface area contributed by atoms with E-state index < -0.39 is 11.9 Å². The van der Waals surface area contributed by atoms with Gasteiger partial charge in [-0.3, -0.25) is 9.59 Å². The van der Waals surface area contributed by atoms with Crippen molar-refractivity contribution in [1.82, 2.24) is 4.90 Å². The van der Waals surface area contributed by atoms with Crippen molar-refractivity contribution in [1.29, 1.82) is 0 Å². The number of amides is 1. The van der Waals surface area contributed by atoms with Crippen LogP contribution in [0.4, 0.5) is 0 Å². The van der Waals surface area contributed by atoms with Crippen LogP contribution in [0.2, 0.25) is 5.02 Å². The zero-order valence-electron chi connectivity index (χ0n) is 11.0. The summed E-state index contributed by atoms with van der Waals surface area (Å²) >= 11 is 5.87. The second-order valence-corrected chi connectivity index (χ2v) is 5.29. The molecule has 20 heavy (non-hydrogen) atoms. The van der Waals surface area contributed by atoms with Crippen LogP contribution >= 0.6 is 11.6 Å². The molecule has 1 amide bonds. The molecule has 1 saturated heterocycles. The van der Waals surface area contributed by atoms with Gasteiger partial charge in [0, 0.05) is 24.2 Å². The van der Waals surface area contributed by atoms with Crippen molar-refractivity contribution in [3.63, 3.8) is 0 Å². The molecule has 0 aromatic heterocycles. The Bertz CT molecular complexity index is 542. The molecular weight excluding hydrogens is 278 g/mol. The predicted octanol–water partition coefficient (Wildman–Crippen LogP) is 2.68. The van der Waals surface area contributed by atoms with E-state index in [1.807, 2.05) is 12.1 Å². The topological polar surface area (TPSA) is 57.6 Å². The van der Waals surface area contributed by atoms with E-state index in [0.717, 1.165) is 12.0 Å². The van der Waals surface area contributed by atoms with Crippen molar-refractivity contribution in [2.24, 2.45) is 5.92 Å². The number of carboxylic acid groups (broad SMARTS) is 1. The van der Waals surface area contributed by atoms with Gasteiger partial charge in [0.05, 0.1) is 5.92 Å². The fraction of sp³-hybridized carbons (Fsp3) is 0.333. The van der Waals surface area contributed by atoms with Crippen LogP contribution in [-0.2, 0) is 9.59 Å². The Kier molecular flexibility index (Phi) is 4.79. The average Bonchev–Trinajstić information content (AvgIpc) is 2.45. The molecule has 1 atom stereocenters. The lowest BCUT2D eigenvalue weighted by Gasteiger charge is -2.29. The molecule has 1 aromatic carbocycles. The minimum Gasteiger partial charge on any atom is -0.481 e. The first-order valence-electron chi connectivity index (χ1n) is 6.51. The summed E-state index contributed by atoms with van der Waals surface area (Å²) in [6.45, 7) is 0.899. The summed E-state index contributed by atoms with van der Waals surface area (Å²) in [7, 11) is 0. The third-order valence-electron chi connectivity index (χ3n) is 3.35. The Morgan fingerprint density at radius 3 is 2.90 bits per heavy atom. The van der Waals surface area contributed by atoms with Gasteiger partial charge in [-0.15, -0.1) is 0 Å². The summed E-state index contributed by atoms with van der Waals surface area (Å²) in [5.41, 5.74) is 0.845. The highest BCUT2D eigenvalue weighted by Crippen LogP contribution is 2.17. The highest BCUT2D eigenvalue weighted by Gasteiger charge is 2.26. The van der Waals surface area contributed by atoms with Gasteiger partial charge in [0.2, 0.25) is 5.91 Å². The number of nitrogens with zero attached hydrogens (tertiary/aromatic N) is 1. The lowest BCUT2D eigenvalue weighted by molar-refractivity contribution is -0.144. The van der Waals surface area contributed by atoms with Crippen LogP contribution < -0.4 is 0 Å². The Morgan fingerprint density at radius 1 is 1.40 bits per heavy atom. The van der Waals surface area contributed by atoms with Crippen molar-refractivity contribution in [3.05, 3.63) is 40.9 Å². The Hall–Kier alpha value is -1.81. The Labute approximate surface area is 122 Å². The SMILES string of the molecule is O=C(O)[C@H]1CCCN(C(=O)/C=C/c2cccc(Cl)c2)C1. The first kappa shape index (κ1) is 14.6. The maximum atomic E-state index is 12.0. The van der Waals surface area contributed by atoms with E-state index in [0.29, 0.717) is 18.0 Å². The molecule has 1 fully saturated rings. The maximum absolute atomic E-state index is 12.0. The molecule has 106 valence electrons. The molecule has 0 bridgehead atoms. The van der Waals surface area contributed by atoms with Gasteiger partial charge in [0.25, 0.3) is 0 Å². The van der Waals surface area contributed by atoms with Gasteiger partial charge in [0.15, 0.2) is 0 Å². The summed E-state index contributed by atoms with van der Waals surface area (Å²) in [4.78, 5) is 24.6. The minimum atomic E-state index is -0.832. The van der Waals surface area contributed by atoms with Crippen molar-refractivity contribution >= 4 is 29.6 Å². The predicted molar refractivity (Wildman–Crippen MR) is 77.4 cm³/mol. The number of hydrogen-bond acceptors (Lipinski definition) is 2. The second-order valence-electron chi connectivity index (χ2n) is 4.85. The van der Waals surface area contributed by atoms with Crippen LogP contribution in [0, 0.1) is 5.92 Å². The lowest BCUT2D eigenvalue weighted by atomic mass is 9.98. The number of halogens is 1. The molecule has 1 aliphatic heterocycles. The number of carbonyl (C=O) groups is 2. The fourth-order valence-electron chi connectivity index (χ4n) is 2.26. The second kappa shape index (κ2) is 6.57. The molecule has 0 unspecified atom stereocenters. The minimum absolute atomic E-state index is 0.157. The zero-order chi connectivity index (χ0) is 14.5.